The number of anilines is 2. The van der Waals surface area contributed by atoms with Gasteiger partial charge in [-0.25, -0.2) is 5.48 Å². The number of benzene rings is 3. The quantitative estimate of drug-likeness (QED) is 0.248. The molecule has 3 aromatic carbocycles. The van der Waals surface area contributed by atoms with Crippen LogP contribution in [0.25, 0.3) is 0 Å². The molecule has 0 spiro atoms. The Labute approximate surface area is 217 Å². The van der Waals surface area contributed by atoms with Crippen molar-refractivity contribution in [1.29, 1.82) is 0 Å². The number of rotatable bonds is 6. The second-order valence-electron chi connectivity index (χ2n) is 9.36. The van der Waals surface area contributed by atoms with Crippen LogP contribution in [-0.4, -0.2) is 57.6 Å². The normalized spacial score (nSPS) is 21.2. The molecule has 2 atom stereocenters. The number of carbonyl (C=O) groups is 2. The fraction of sp³-hybridized carbons (Fsp3) is 0.259. The molecule has 2 aliphatic heterocycles. The number of nitrogens with one attached hydrogen (secondary N) is 2. The lowest BCUT2D eigenvalue weighted by molar-refractivity contribution is -0.133. The Bertz CT molecular complexity index is 1270. The Morgan fingerprint density at radius 3 is 2.35 bits per heavy atom. The van der Waals surface area contributed by atoms with Crippen molar-refractivity contribution in [2.24, 2.45) is 5.92 Å². The number of fused-ring (bicyclic) bond motifs is 1. The van der Waals surface area contributed by atoms with Crippen LogP contribution in [0.15, 0.2) is 83.8 Å². The van der Waals surface area contributed by atoms with E-state index in [1.54, 1.807) is 23.7 Å². The first-order valence-electron chi connectivity index (χ1n) is 12.1. The van der Waals surface area contributed by atoms with Gasteiger partial charge in [0.1, 0.15) is 0 Å². The third-order valence-electron chi connectivity index (χ3n) is 7.00. The maximum Gasteiger partial charge on any atom is 0.251 e. The minimum absolute atomic E-state index is 0.286. The highest BCUT2D eigenvalue weighted by Crippen LogP contribution is 2.55. The molecule has 3 aromatic rings. The van der Waals surface area contributed by atoms with Gasteiger partial charge >= 0.3 is 0 Å². The molecule has 10 heteroatoms. The molecule has 0 bridgehead atoms. The maximum absolute atomic E-state index is 13.0. The highest BCUT2D eigenvalue weighted by Gasteiger charge is 2.38. The van der Waals surface area contributed by atoms with Crippen LogP contribution in [-0.2, 0) is 11.3 Å². The zero-order valence-electron chi connectivity index (χ0n) is 20.2. The summed E-state index contributed by atoms with van der Waals surface area (Å²) < 4.78 is 20.8. The van der Waals surface area contributed by atoms with Crippen molar-refractivity contribution in [2.75, 3.05) is 35.2 Å². The average molecular weight is 523 g/mol. The fourth-order valence-corrected chi connectivity index (χ4v) is 6.53. The minimum Gasteiger partial charge on any atom is -0.369 e. The van der Waals surface area contributed by atoms with E-state index in [9.17, 15) is 23.9 Å². The Morgan fingerprint density at radius 2 is 1.62 bits per heavy atom. The first-order valence-corrected chi connectivity index (χ1v) is 13.8. The Kier molecular flexibility index (Phi) is 7.07. The highest BCUT2D eigenvalue weighted by atomic mass is 32.3. The SMILES string of the molecule is O=C(N[C@@H]1CN(c2ccccc2)C[C@@H]1C(=O)NO)c1ccc(CN2CCS(O)(O)c3ccccc32)cc1. The zero-order valence-corrected chi connectivity index (χ0v) is 21.0. The molecule has 5 rings (SSSR count). The third kappa shape index (κ3) is 5.28. The van der Waals surface area contributed by atoms with Crippen molar-refractivity contribution in [3.05, 3.63) is 90.0 Å². The van der Waals surface area contributed by atoms with Crippen LogP contribution in [0.2, 0.25) is 0 Å². The molecule has 0 aliphatic carbocycles. The standard InChI is InChI=1S/C27H30N4O5S/c32-26(28-23-18-31(17-22(23)27(33)29-34)21-6-2-1-3-7-21)20-12-10-19(11-13-20)16-30-14-15-37(35,36)25-9-5-4-8-24(25)30/h1-13,22-23,34-36H,14-18H2,(H,28,32)(H,29,33)/t22-,23+/m0/s1. The summed E-state index contributed by atoms with van der Waals surface area (Å²) >= 11 is 0. The lowest BCUT2D eigenvalue weighted by atomic mass is 10.0. The topological polar surface area (TPSA) is 125 Å². The molecule has 37 heavy (non-hydrogen) atoms. The molecule has 1 fully saturated rings. The third-order valence-corrected chi connectivity index (χ3v) is 8.80. The number of hydrogen-bond donors (Lipinski definition) is 5. The summed E-state index contributed by atoms with van der Waals surface area (Å²) in [5, 5.41) is 12.2. The number of para-hydroxylation sites is 2. The number of nitrogens with zero attached hydrogens (tertiary/aromatic N) is 2. The van der Waals surface area contributed by atoms with Gasteiger partial charge in [-0.3, -0.25) is 23.9 Å². The van der Waals surface area contributed by atoms with Gasteiger partial charge in [-0.2, -0.15) is 10.6 Å². The molecule has 0 saturated carbocycles. The van der Waals surface area contributed by atoms with Crippen LogP contribution in [0.4, 0.5) is 11.4 Å². The smallest absolute Gasteiger partial charge is 0.251 e. The summed E-state index contributed by atoms with van der Waals surface area (Å²) in [4.78, 5) is 30.0. The summed E-state index contributed by atoms with van der Waals surface area (Å²) in [5.41, 5.74) is 4.94. The first kappa shape index (κ1) is 25.1. The summed E-state index contributed by atoms with van der Waals surface area (Å²) in [6.45, 7) is 1.92. The number of hydrogen-bond acceptors (Lipinski definition) is 7. The molecule has 2 heterocycles. The zero-order chi connectivity index (χ0) is 26.0. The van der Waals surface area contributed by atoms with Crippen molar-refractivity contribution in [3.63, 3.8) is 0 Å². The van der Waals surface area contributed by atoms with E-state index in [0.717, 1.165) is 16.9 Å². The molecule has 2 amide bonds. The fourth-order valence-electron chi connectivity index (χ4n) is 5.01. The highest BCUT2D eigenvalue weighted by molar-refractivity contribution is 8.24. The van der Waals surface area contributed by atoms with E-state index in [1.165, 1.54) is 0 Å². The van der Waals surface area contributed by atoms with Gasteiger partial charge in [0.2, 0.25) is 5.91 Å². The lowest BCUT2D eigenvalue weighted by Gasteiger charge is -2.43. The van der Waals surface area contributed by atoms with Crippen molar-refractivity contribution in [3.8, 4) is 0 Å². The van der Waals surface area contributed by atoms with Gasteiger partial charge in [0.05, 0.1) is 28.3 Å². The predicted molar refractivity (Wildman–Crippen MR) is 143 cm³/mol. The van der Waals surface area contributed by atoms with E-state index >= 15 is 0 Å². The van der Waals surface area contributed by atoms with Gasteiger partial charge in [0, 0.05) is 37.4 Å². The molecule has 0 radical (unpaired) electrons. The van der Waals surface area contributed by atoms with E-state index in [0.29, 0.717) is 36.6 Å². The summed E-state index contributed by atoms with van der Waals surface area (Å²) in [6, 6.07) is 23.8. The lowest BCUT2D eigenvalue weighted by Crippen LogP contribution is -2.45. The Morgan fingerprint density at radius 1 is 0.919 bits per heavy atom. The Balaban J connectivity index is 1.26. The number of carbonyl (C=O) groups excluding carboxylic acids is 2. The molecule has 0 aromatic heterocycles. The first-order chi connectivity index (χ1) is 17.9. The van der Waals surface area contributed by atoms with E-state index in [1.807, 2.05) is 65.6 Å². The van der Waals surface area contributed by atoms with Crippen LogP contribution in [0.1, 0.15) is 15.9 Å². The summed E-state index contributed by atoms with van der Waals surface area (Å²) in [7, 11) is -2.77. The summed E-state index contributed by atoms with van der Waals surface area (Å²) in [6.07, 6.45) is 0. The van der Waals surface area contributed by atoms with Gasteiger partial charge in [0.25, 0.3) is 5.91 Å². The number of hydroxylamine groups is 1. The molecule has 9 nitrogen and oxygen atoms in total. The molecule has 194 valence electrons. The molecule has 0 unspecified atom stereocenters. The van der Waals surface area contributed by atoms with E-state index in [4.69, 9.17) is 0 Å². The van der Waals surface area contributed by atoms with Gasteiger partial charge in [-0.1, -0.05) is 42.5 Å². The molecule has 5 N–H and O–H groups in total. The van der Waals surface area contributed by atoms with Crippen LogP contribution in [0.3, 0.4) is 0 Å². The van der Waals surface area contributed by atoms with Crippen molar-refractivity contribution >= 4 is 33.8 Å². The van der Waals surface area contributed by atoms with E-state index < -0.39 is 28.5 Å². The van der Waals surface area contributed by atoms with Gasteiger partial charge in [-0.05, 0) is 42.0 Å². The molecular formula is C27H30N4O5S. The van der Waals surface area contributed by atoms with Crippen LogP contribution in [0.5, 0.6) is 0 Å². The average Bonchev–Trinajstić information content (AvgIpc) is 3.34. The van der Waals surface area contributed by atoms with Gasteiger partial charge in [0.15, 0.2) is 0 Å². The van der Waals surface area contributed by atoms with Crippen LogP contribution < -0.4 is 20.6 Å². The van der Waals surface area contributed by atoms with Crippen LogP contribution >= 0.6 is 10.6 Å². The van der Waals surface area contributed by atoms with Crippen molar-refractivity contribution in [2.45, 2.75) is 17.5 Å². The van der Waals surface area contributed by atoms with Crippen LogP contribution in [0, 0.1) is 5.92 Å². The largest absolute Gasteiger partial charge is 0.369 e. The second kappa shape index (κ2) is 10.4. The molecule has 1 saturated heterocycles. The van der Waals surface area contributed by atoms with Crippen molar-refractivity contribution in [1.82, 2.24) is 10.8 Å². The van der Waals surface area contributed by atoms with Gasteiger partial charge in [-0.15, -0.1) is 0 Å². The molecular weight excluding hydrogens is 492 g/mol. The number of amides is 2. The van der Waals surface area contributed by atoms with E-state index in [-0.39, 0.29) is 11.7 Å². The predicted octanol–water partition coefficient (Wildman–Crippen LogP) is 3.56. The Hall–Kier alpha value is -3.57. The maximum atomic E-state index is 13.0. The monoisotopic (exact) mass is 522 g/mol. The van der Waals surface area contributed by atoms with Crippen molar-refractivity contribution < 1.29 is 23.9 Å². The molecule has 2 aliphatic rings. The minimum atomic E-state index is -2.77. The van der Waals surface area contributed by atoms with E-state index in [2.05, 4.69) is 10.2 Å². The second-order valence-corrected chi connectivity index (χ2v) is 11.5. The van der Waals surface area contributed by atoms with Gasteiger partial charge < -0.3 is 15.1 Å². The summed E-state index contributed by atoms with van der Waals surface area (Å²) in [5.74, 6) is -1.13.